The van der Waals surface area contributed by atoms with Crippen molar-refractivity contribution in [1.82, 2.24) is 40.3 Å². The van der Waals surface area contributed by atoms with Crippen molar-refractivity contribution in [1.29, 1.82) is 0 Å². The average molecular weight is 618 g/mol. The summed E-state index contributed by atoms with van der Waals surface area (Å²) in [6.45, 7) is 7.24. The molecule has 236 valence electrons. The van der Waals surface area contributed by atoms with Crippen molar-refractivity contribution in [2.75, 3.05) is 88.6 Å². The van der Waals surface area contributed by atoms with Crippen molar-refractivity contribution in [2.45, 2.75) is 12.6 Å². The minimum Gasteiger partial charge on any atom is -0.382 e. The lowest BCUT2D eigenvalue weighted by molar-refractivity contribution is -0.138. The Morgan fingerprint density at radius 1 is 1.00 bits per heavy atom. The van der Waals surface area contributed by atoms with Gasteiger partial charge in [0.15, 0.2) is 11.4 Å². The van der Waals surface area contributed by atoms with Crippen LogP contribution in [0.3, 0.4) is 0 Å². The number of morpholine rings is 1. The van der Waals surface area contributed by atoms with Gasteiger partial charge in [0.1, 0.15) is 5.82 Å². The molecule has 3 aromatic rings. The van der Waals surface area contributed by atoms with E-state index < -0.39 is 29.2 Å². The molecule has 17 heteroatoms. The van der Waals surface area contributed by atoms with E-state index in [1.165, 1.54) is 10.9 Å². The van der Waals surface area contributed by atoms with Gasteiger partial charge >= 0.3 is 6.18 Å². The summed E-state index contributed by atoms with van der Waals surface area (Å²) < 4.78 is 47.8. The fraction of sp³-hybridized carbons (Fsp3) is 0.481. The Kier molecular flexibility index (Phi) is 9.55. The van der Waals surface area contributed by atoms with E-state index in [9.17, 15) is 22.8 Å². The fourth-order valence-corrected chi connectivity index (χ4v) is 4.98. The highest BCUT2D eigenvalue weighted by molar-refractivity contribution is 6.06. The first-order valence-electron chi connectivity index (χ1n) is 14.2. The lowest BCUT2D eigenvalue weighted by Gasteiger charge is -2.35. The number of amides is 2. The maximum Gasteiger partial charge on any atom is 0.418 e. The number of nitrogens with zero attached hydrogens (tertiary/aromatic N) is 8. The molecule has 2 amide bonds. The Morgan fingerprint density at radius 2 is 1.75 bits per heavy atom. The van der Waals surface area contributed by atoms with Crippen molar-refractivity contribution in [3.05, 3.63) is 47.4 Å². The minimum atomic E-state index is -4.88. The molecule has 5 rings (SSSR count). The van der Waals surface area contributed by atoms with Crippen molar-refractivity contribution >= 4 is 29.0 Å². The van der Waals surface area contributed by atoms with E-state index in [1.54, 1.807) is 18.2 Å². The summed E-state index contributed by atoms with van der Waals surface area (Å²) in [7, 11) is 1.99. The number of alkyl halides is 3. The Labute approximate surface area is 251 Å². The smallest absolute Gasteiger partial charge is 0.382 e. The molecule has 2 aliphatic heterocycles. The average Bonchev–Trinajstić information content (AvgIpc) is 3.50. The number of nitrogens with one attached hydrogen (secondary N) is 2. The van der Waals surface area contributed by atoms with Gasteiger partial charge in [0, 0.05) is 45.8 Å². The number of piperazine rings is 1. The van der Waals surface area contributed by atoms with Crippen molar-refractivity contribution < 1.29 is 27.5 Å². The van der Waals surface area contributed by atoms with Crippen LogP contribution in [0.4, 0.5) is 30.4 Å². The van der Waals surface area contributed by atoms with Crippen LogP contribution in [0.2, 0.25) is 0 Å². The van der Waals surface area contributed by atoms with Crippen molar-refractivity contribution in [2.24, 2.45) is 0 Å². The number of benzene rings is 1. The van der Waals surface area contributed by atoms with Crippen LogP contribution in [-0.4, -0.2) is 119 Å². The molecule has 2 aromatic heterocycles. The van der Waals surface area contributed by atoms with Crippen LogP contribution >= 0.6 is 0 Å². The molecule has 0 spiro atoms. The molecule has 0 saturated carbocycles. The van der Waals surface area contributed by atoms with E-state index >= 15 is 0 Å². The number of aromatic nitrogens is 5. The third-order valence-corrected chi connectivity index (χ3v) is 7.44. The number of ether oxygens (including phenoxy) is 1. The van der Waals surface area contributed by atoms with E-state index in [-0.39, 0.29) is 17.3 Å². The number of nitrogen functional groups attached to an aromatic ring is 1. The molecule has 1 aromatic carbocycles. The molecule has 0 aliphatic carbocycles. The zero-order valence-electron chi connectivity index (χ0n) is 24.2. The summed E-state index contributed by atoms with van der Waals surface area (Å²) in [5, 5.41) is 20.4. The highest BCUT2D eigenvalue weighted by Gasteiger charge is 2.37. The number of carbonyl (C=O) groups excluding carboxylic acids is 2. The summed E-state index contributed by atoms with van der Waals surface area (Å²) in [6, 6.07) is 5.60. The lowest BCUT2D eigenvalue weighted by Crippen LogP contribution is -2.44. The second kappa shape index (κ2) is 13.5. The molecule has 44 heavy (non-hydrogen) atoms. The van der Waals surface area contributed by atoms with Gasteiger partial charge in [-0.15, -0.1) is 15.3 Å². The number of carbonyl (C=O) groups is 2. The van der Waals surface area contributed by atoms with Gasteiger partial charge in [-0.25, -0.2) is 4.68 Å². The second-order valence-corrected chi connectivity index (χ2v) is 10.6. The number of hydrogen-bond donors (Lipinski definition) is 3. The molecule has 2 saturated heterocycles. The van der Waals surface area contributed by atoms with E-state index in [0.717, 1.165) is 39.1 Å². The summed E-state index contributed by atoms with van der Waals surface area (Å²) in [5.41, 5.74) is 4.57. The van der Waals surface area contributed by atoms with Crippen LogP contribution in [0.25, 0.3) is 5.69 Å². The monoisotopic (exact) mass is 617 g/mol. The molecule has 2 aliphatic rings. The van der Waals surface area contributed by atoms with Gasteiger partial charge in [-0.1, -0.05) is 5.21 Å². The van der Waals surface area contributed by atoms with Gasteiger partial charge in [-0.3, -0.25) is 14.5 Å². The van der Waals surface area contributed by atoms with E-state index in [2.05, 4.69) is 40.9 Å². The van der Waals surface area contributed by atoms with E-state index in [0.29, 0.717) is 50.3 Å². The van der Waals surface area contributed by atoms with Crippen LogP contribution in [0.1, 0.15) is 33.0 Å². The van der Waals surface area contributed by atoms with E-state index in [4.69, 9.17) is 10.5 Å². The SMILES string of the molecule is CN1CCN(c2ccc(-n3cc(C(=O)NCCCN4CCOCC4)nn3)cc2NC(=O)c2nnc(N)cc2C(F)(F)F)CC1. The number of nitrogens with two attached hydrogens (primary N) is 1. The number of halogens is 3. The maximum absolute atomic E-state index is 13.7. The molecule has 2 fully saturated rings. The molecular formula is C27H34F3N11O3. The first kappa shape index (κ1) is 31.1. The van der Waals surface area contributed by atoms with Crippen LogP contribution in [-0.2, 0) is 10.9 Å². The predicted octanol–water partition coefficient (Wildman–Crippen LogP) is 1.11. The number of likely N-dealkylation sites (N-methyl/N-ethyl adjacent to an activating group) is 1. The summed E-state index contributed by atoms with van der Waals surface area (Å²) >= 11 is 0. The van der Waals surface area contributed by atoms with Crippen LogP contribution in [0, 0.1) is 0 Å². The Balaban J connectivity index is 1.34. The Hall–Kier alpha value is -4.35. The first-order valence-corrected chi connectivity index (χ1v) is 14.2. The quantitative estimate of drug-likeness (QED) is 0.295. The van der Waals surface area contributed by atoms with Gasteiger partial charge in [-0.2, -0.15) is 13.2 Å². The molecule has 0 radical (unpaired) electrons. The van der Waals surface area contributed by atoms with Gasteiger partial charge in [0.2, 0.25) is 0 Å². The molecule has 0 bridgehead atoms. The Morgan fingerprint density at radius 3 is 2.48 bits per heavy atom. The first-order chi connectivity index (χ1) is 21.1. The highest BCUT2D eigenvalue weighted by Crippen LogP contribution is 2.34. The molecule has 4 heterocycles. The highest BCUT2D eigenvalue weighted by atomic mass is 19.4. The molecule has 0 atom stereocenters. The van der Waals surface area contributed by atoms with Crippen molar-refractivity contribution in [3.8, 4) is 5.69 Å². The van der Waals surface area contributed by atoms with Crippen LogP contribution < -0.4 is 21.3 Å². The Bertz CT molecular complexity index is 1470. The summed E-state index contributed by atoms with van der Waals surface area (Å²) in [5.74, 6) is -1.95. The third-order valence-electron chi connectivity index (χ3n) is 7.44. The number of rotatable bonds is 9. The van der Waals surface area contributed by atoms with Gasteiger partial charge in [-0.05, 0) is 44.3 Å². The van der Waals surface area contributed by atoms with Crippen LogP contribution in [0.5, 0.6) is 0 Å². The second-order valence-electron chi connectivity index (χ2n) is 10.6. The predicted molar refractivity (Wildman–Crippen MR) is 155 cm³/mol. The summed E-state index contributed by atoms with van der Waals surface area (Å²) in [6.07, 6.45) is -2.66. The van der Waals surface area contributed by atoms with Gasteiger partial charge < -0.3 is 30.9 Å². The number of hydrogen-bond acceptors (Lipinski definition) is 11. The lowest BCUT2D eigenvalue weighted by atomic mass is 10.1. The maximum atomic E-state index is 13.7. The van der Waals surface area contributed by atoms with Crippen LogP contribution in [0.15, 0.2) is 30.5 Å². The summed E-state index contributed by atoms with van der Waals surface area (Å²) in [4.78, 5) is 32.3. The third kappa shape index (κ3) is 7.59. The normalized spacial score (nSPS) is 16.6. The zero-order chi connectivity index (χ0) is 31.3. The van der Waals surface area contributed by atoms with Gasteiger partial charge in [0.25, 0.3) is 11.8 Å². The fourth-order valence-electron chi connectivity index (χ4n) is 4.98. The molecular weight excluding hydrogens is 583 g/mol. The van der Waals surface area contributed by atoms with Crippen molar-refractivity contribution in [3.63, 3.8) is 0 Å². The molecule has 4 N–H and O–H groups in total. The zero-order valence-corrected chi connectivity index (χ0v) is 24.2. The number of anilines is 3. The van der Waals surface area contributed by atoms with E-state index in [1.807, 2.05) is 11.9 Å². The van der Waals surface area contributed by atoms with Gasteiger partial charge in [0.05, 0.1) is 42.0 Å². The topological polar surface area (TPSA) is 160 Å². The standard InChI is InChI=1S/C27H34F3N11O3/c1-38-7-9-40(10-8-38)22-4-3-18(15-20(22)33-26(43)24-19(27(28,29)30)16-23(31)35-36-24)41-17-21(34-37-41)25(42)32-5-2-6-39-11-13-44-14-12-39/h3-4,15-17H,2,5-14H2,1H3,(H2,31,35)(H,32,42)(H,33,43). The molecule has 14 nitrogen and oxygen atoms in total. The largest absolute Gasteiger partial charge is 0.418 e. The molecule has 0 unspecified atom stereocenters. The minimum absolute atomic E-state index is 0.0945.